The van der Waals surface area contributed by atoms with Crippen molar-refractivity contribution in [3.05, 3.63) is 11.7 Å². The second kappa shape index (κ2) is 4.14. The maximum absolute atomic E-state index is 5.36. The molecular formula is C11H18N4O. The summed E-state index contributed by atoms with van der Waals surface area (Å²) in [6.45, 7) is 6.36. The van der Waals surface area contributed by atoms with Crippen LogP contribution in [0.2, 0.25) is 0 Å². The lowest BCUT2D eigenvalue weighted by atomic mass is 10.2. The average Bonchev–Trinajstić information content (AvgIpc) is 3.08. The molecule has 1 aliphatic carbocycles. The number of hydrogen-bond acceptors (Lipinski definition) is 5. The first-order valence-corrected chi connectivity index (χ1v) is 6.13. The van der Waals surface area contributed by atoms with Crippen LogP contribution in [0.1, 0.15) is 43.4 Å². The van der Waals surface area contributed by atoms with E-state index in [1.54, 1.807) is 0 Å². The number of nitrogens with one attached hydrogen (secondary N) is 1. The summed E-state index contributed by atoms with van der Waals surface area (Å²) in [4.78, 5) is 6.90. The van der Waals surface area contributed by atoms with E-state index < -0.39 is 0 Å². The summed E-state index contributed by atoms with van der Waals surface area (Å²) < 4.78 is 5.36. The third kappa shape index (κ3) is 1.97. The Kier molecular flexibility index (Phi) is 2.65. The second-order valence-corrected chi connectivity index (χ2v) is 4.73. The van der Waals surface area contributed by atoms with Gasteiger partial charge in [0.15, 0.2) is 5.82 Å². The molecule has 1 saturated heterocycles. The monoisotopic (exact) mass is 222 g/mol. The lowest BCUT2D eigenvalue weighted by molar-refractivity contribution is 0.154. The Morgan fingerprint density at radius 3 is 2.81 bits per heavy atom. The van der Waals surface area contributed by atoms with Crippen LogP contribution in [-0.2, 0) is 0 Å². The Bertz CT molecular complexity index is 355. The number of rotatable bonds is 3. The van der Waals surface area contributed by atoms with Gasteiger partial charge in [-0.3, -0.25) is 4.90 Å². The largest absolute Gasteiger partial charge is 0.338 e. The third-order valence-corrected chi connectivity index (χ3v) is 3.46. The molecule has 16 heavy (non-hydrogen) atoms. The quantitative estimate of drug-likeness (QED) is 0.824. The van der Waals surface area contributed by atoms with Crippen molar-refractivity contribution >= 4 is 0 Å². The minimum Gasteiger partial charge on any atom is -0.338 e. The first-order chi connectivity index (χ1) is 7.84. The number of piperazine rings is 1. The third-order valence-electron chi connectivity index (χ3n) is 3.46. The number of nitrogens with zero attached hydrogens (tertiary/aromatic N) is 3. The van der Waals surface area contributed by atoms with Gasteiger partial charge in [0.05, 0.1) is 6.04 Å². The van der Waals surface area contributed by atoms with Crippen molar-refractivity contribution in [1.82, 2.24) is 20.4 Å². The van der Waals surface area contributed by atoms with Crippen LogP contribution in [0, 0.1) is 0 Å². The molecule has 1 N–H and O–H groups in total. The highest BCUT2D eigenvalue weighted by Crippen LogP contribution is 2.38. The van der Waals surface area contributed by atoms with Crippen molar-refractivity contribution in [2.24, 2.45) is 0 Å². The van der Waals surface area contributed by atoms with Gasteiger partial charge >= 0.3 is 0 Å². The van der Waals surface area contributed by atoms with E-state index in [0.29, 0.717) is 5.92 Å². The normalized spacial score (nSPS) is 24.6. The molecule has 1 aromatic heterocycles. The molecule has 0 bridgehead atoms. The van der Waals surface area contributed by atoms with Gasteiger partial charge in [-0.2, -0.15) is 4.98 Å². The summed E-state index contributed by atoms with van der Waals surface area (Å²) in [7, 11) is 0. The maximum Gasteiger partial charge on any atom is 0.243 e. The molecule has 0 spiro atoms. The van der Waals surface area contributed by atoms with E-state index in [2.05, 4.69) is 27.3 Å². The highest BCUT2D eigenvalue weighted by atomic mass is 16.5. The van der Waals surface area contributed by atoms with Crippen molar-refractivity contribution < 1.29 is 4.52 Å². The van der Waals surface area contributed by atoms with Crippen LogP contribution in [0.5, 0.6) is 0 Å². The van der Waals surface area contributed by atoms with E-state index in [9.17, 15) is 0 Å². The SMILES string of the molecule is CC(c1nc(C2CC2)no1)N1CCNCC1. The fraction of sp³-hybridized carbons (Fsp3) is 0.818. The van der Waals surface area contributed by atoms with E-state index in [1.807, 2.05) is 0 Å². The smallest absolute Gasteiger partial charge is 0.243 e. The zero-order valence-corrected chi connectivity index (χ0v) is 9.65. The summed E-state index contributed by atoms with van der Waals surface area (Å²) in [6.07, 6.45) is 2.45. The molecule has 0 amide bonds. The molecule has 1 unspecified atom stereocenters. The van der Waals surface area contributed by atoms with Gasteiger partial charge in [0.2, 0.25) is 5.89 Å². The van der Waals surface area contributed by atoms with Crippen molar-refractivity contribution in [2.75, 3.05) is 26.2 Å². The van der Waals surface area contributed by atoms with Gasteiger partial charge in [0.1, 0.15) is 0 Å². The summed E-state index contributed by atoms with van der Waals surface area (Å²) in [5, 5.41) is 7.41. The first-order valence-electron chi connectivity index (χ1n) is 6.13. The maximum atomic E-state index is 5.36. The minimum absolute atomic E-state index is 0.252. The fourth-order valence-corrected chi connectivity index (χ4v) is 2.15. The Morgan fingerprint density at radius 2 is 2.12 bits per heavy atom. The predicted octanol–water partition coefficient (Wildman–Crippen LogP) is 0.913. The Balaban J connectivity index is 1.69. The standard InChI is InChI=1S/C11H18N4O/c1-8(15-6-4-12-5-7-15)11-13-10(14-16-11)9-2-3-9/h8-9,12H,2-7H2,1H3. The fourth-order valence-electron chi connectivity index (χ4n) is 2.15. The molecule has 1 atom stereocenters. The van der Waals surface area contributed by atoms with Crippen LogP contribution < -0.4 is 5.32 Å². The van der Waals surface area contributed by atoms with E-state index >= 15 is 0 Å². The van der Waals surface area contributed by atoms with Crippen LogP contribution in [0.4, 0.5) is 0 Å². The second-order valence-electron chi connectivity index (χ2n) is 4.73. The van der Waals surface area contributed by atoms with Crippen LogP contribution in [0.15, 0.2) is 4.52 Å². The molecule has 1 aromatic rings. The molecule has 5 nitrogen and oxygen atoms in total. The van der Waals surface area contributed by atoms with Crippen LogP contribution >= 0.6 is 0 Å². The molecule has 2 fully saturated rings. The summed E-state index contributed by atoms with van der Waals surface area (Å²) in [5.74, 6) is 2.27. The van der Waals surface area contributed by atoms with Gasteiger partial charge < -0.3 is 9.84 Å². The van der Waals surface area contributed by atoms with Gasteiger partial charge in [-0.1, -0.05) is 5.16 Å². The van der Waals surface area contributed by atoms with Crippen molar-refractivity contribution in [2.45, 2.75) is 31.7 Å². The van der Waals surface area contributed by atoms with E-state index in [4.69, 9.17) is 4.52 Å². The van der Waals surface area contributed by atoms with Gasteiger partial charge in [-0.05, 0) is 19.8 Å². The zero-order valence-electron chi connectivity index (χ0n) is 9.65. The Hall–Kier alpha value is -0.940. The lowest BCUT2D eigenvalue weighted by Gasteiger charge is -2.30. The van der Waals surface area contributed by atoms with E-state index in [1.165, 1.54) is 12.8 Å². The van der Waals surface area contributed by atoms with Crippen molar-refractivity contribution in [3.8, 4) is 0 Å². The summed E-state index contributed by atoms with van der Waals surface area (Å²) in [6, 6.07) is 0.252. The molecule has 5 heteroatoms. The van der Waals surface area contributed by atoms with Gasteiger partial charge in [0.25, 0.3) is 0 Å². The first kappa shape index (κ1) is 10.2. The molecule has 3 rings (SSSR count). The minimum atomic E-state index is 0.252. The topological polar surface area (TPSA) is 54.2 Å². The summed E-state index contributed by atoms with van der Waals surface area (Å²) in [5.41, 5.74) is 0. The van der Waals surface area contributed by atoms with Crippen molar-refractivity contribution in [3.63, 3.8) is 0 Å². The van der Waals surface area contributed by atoms with Crippen LogP contribution in [0.25, 0.3) is 0 Å². The van der Waals surface area contributed by atoms with Crippen molar-refractivity contribution in [1.29, 1.82) is 0 Å². The predicted molar refractivity (Wildman–Crippen MR) is 59.1 cm³/mol. The summed E-state index contributed by atoms with van der Waals surface area (Å²) >= 11 is 0. The number of aromatic nitrogens is 2. The van der Waals surface area contributed by atoms with E-state index in [-0.39, 0.29) is 6.04 Å². The van der Waals surface area contributed by atoms with Crippen LogP contribution in [0.3, 0.4) is 0 Å². The Labute approximate surface area is 95.2 Å². The number of hydrogen-bond donors (Lipinski definition) is 1. The average molecular weight is 222 g/mol. The molecular weight excluding hydrogens is 204 g/mol. The highest BCUT2D eigenvalue weighted by Gasteiger charge is 2.30. The highest BCUT2D eigenvalue weighted by molar-refractivity contribution is 5.04. The molecule has 1 saturated carbocycles. The molecule has 88 valence electrons. The lowest BCUT2D eigenvalue weighted by Crippen LogP contribution is -2.44. The Morgan fingerprint density at radius 1 is 1.38 bits per heavy atom. The van der Waals surface area contributed by atoms with E-state index in [0.717, 1.165) is 37.9 Å². The van der Waals surface area contributed by atoms with Crippen LogP contribution in [-0.4, -0.2) is 41.2 Å². The van der Waals surface area contributed by atoms with Gasteiger partial charge in [-0.15, -0.1) is 0 Å². The molecule has 1 aliphatic heterocycles. The van der Waals surface area contributed by atoms with Gasteiger partial charge in [-0.25, -0.2) is 0 Å². The molecule has 2 heterocycles. The zero-order chi connectivity index (χ0) is 11.0. The molecule has 2 aliphatic rings. The molecule has 0 aromatic carbocycles. The molecule has 0 radical (unpaired) electrons. The van der Waals surface area contributed by atoms with Gasteiger partial charge in [0, 0.05) is 32.1 Å².